The number of hydrogen-bond acceptors (Lipinski definition) is 2. The van der Waals surface area contributed by atoms with Gasteiger partial charge in [0.2, 0.25) is 0 Å². The quantitative estimate of drug-likeness (QED) is 0.829. The van der Waals surface area contributed by atoms with Gasteiger partial charge < -0.3 is 10.2 Å². The number of likely N-dealkylation sites (tertiary alicyclic amines) is 1. The lowest BCUT2D eigenvalue weighted by Crippen LogP contribution is -2.59. The summed E-state index contributed by atoms with van der Waals surface area (Å²) in [5.41, 5.74) is 3.65. The molecular weight excluding hydrogens is 377 g/mol. The van der Waals surface area contributed by atoms with Crippen molar-refractivity contribution < 1.29 is 9.18 Å². The zero-order valence-corrected chi connectivity index (χ0v) is 17.4. The molecule has 2 amide bonds. The first kappa shape index (κ1) is 19.6. The van der Waals surface area contributed by atoms with Crippen molar-refractivity contribution in [3.63, 3.8) is 0 Å². The van der Waals surface area contributed by atoms with Gasteiger partial charge in [0, 0.05) is 38.3 Å². The van der Waals surface area contributed by atoms with Crippen molar-refractivity contribution in [3.05, 3.63) is 71.0 Å². The van der Waals surface area contributed by atoms with Crippen LogP contribution in [0.1, 0.15) is 42.0 Å². The molecule has 1 N–H and O–H groups in total. The largest absolute Gasteiger partial charge is 0.338 e. The molecule has 0 bridgehead atoms. The Bertz CT molecular complexity index is 903. The molecule has 3 aliphatic heterocycles. The fourth-order valence-electron chi connectivity index (χ4n) is 5.74. The van der Waals surface area contributed by atoms with Crippen molar-refractivity contribution in [2.45, 2.75) is 44.2 Å². The van der Waals surface area contributed by atoms with Crippen LogP contribution in [-0.4, -0.2) is 48.1 Å². The maximum atomic E-state index is 13.7. The van der Waals surface area contributed by atoms with Gasteiger partial charge in [-0.3, -0.25) is 4.90 Å². The second-order valence-corrected chi connectivity index (χ2v) is 8.97. The minimum absolute atomic E-state index is 0.0734. The summed E-state index contributed by atoms with van der Waals surface area (Å²) in [4.78, 5) is 17.7. The van der Waals surface area contributed by atoms with E-state index in [2.05, 4.69) is 27.2 Å². The number of benzene rings is 2. The number of piperidine rings is 2. The normalized spacial score (nSPS) is 25.8. The van der Waals surface area contributed by atoms with E-state index in [9.17, 15) is 9.18 Å². The fraction of sp³-hybridized carbons (Fsp3) is 0.480. The first-order chi connectivity index (χ1) is 14.7. The van der Waals surface area contributed by atoms with E-state index in [1.807, 2.05) is 24.3 Å². The summed E-state index contributed by atoms with van der Waals surface area (Å²) in [7, 11) is 0. The van der Waals surface area contributed by atoms with Crippen LogP contribution in [0, 0.1) is 11.7 Å². The van der Waals surface area contributed by atoms with Crippen molar-refractivity contribution >= 4 is 6.03 Å². The predicted octanol–water partition coefficient (Wildman–Crippen LogP) is 4.16. The van der Waals surface area contributed by atoms with E-state index in [0.717, 1.165) is 50.9 Å². The van der Waals surface area contributed by atoms with Crippen LogP contribution >= 0.6 is 0 Å². The SMILES string of the molecule is O=C(NCCc1ccccc1)N1CCC[C@@H]2CN3CCc4cc(F)ccc4[C@H]3C[C@@H]21. The van der Waals surface area contributed by atoms with Crippen molar-refractivity contribution in [1.29, 1.82) is 0 Å². The zero-order chi connectivity index (χ0) is 20.5. The molecule has 30 heavy (non-hydrogen) atoms. The molecule has 2 saturated heterocycles. The molecule has 158 valence electrons. The second-order valence-electron chi connectivity index (χ2n) is 8.97. The van der Waals surface area contributed by atoms with Gasteiger partial charge >= 0.3 is 6.03 Å². The van der Waals surface area contributed by atoms with Gasteiger partial charge in [0.25, 0.3) is 0 Å². The van der Waals surface area contributed by atoms with Crippen LogP contribution in [0.2, 0.25) is 0 Å². The molecule has 5 rings (SSSR count). The van der Waals surface area contributed by atoms with Crippen molar-refractivity contribution in [1.82, 2.24) is 15.1 Å². The summed E-state index contributed by atoms with van der Waals surface area (Å²) in [6.45, 7) is 3.53. The van der Waals surface area contributed by atoms with E-state index in [-0.39, 0.29) is 17.9 Å². The number of amides is 2. The summed E-state index contributed by atoms with van der Waals surface area (Å²) in [6.07, 6.45) is 5.00. The third kappa shape index (κ3) is 3.83. The Hall–Kier alpha value is -2.40. The molecular formula is C25H30FN3O. The lowest BCUT2D eigenvalue weighted by Gasteiger charge is -2.52. The molecule has 0 spiro atoms. The number of carbonyl (C=O) groups is 1. The second kappa shape index (κ2) is 8.38. The molecule has 0 aliphatic carbocycles. The predicted molar refractivity (Wildman–Crippen MR) is 116 cm³/mol. The molecule has 3 heterocycles. The summed E-state index contributed by atoms with van der Waals surface area (Å²) in [5.74, 6) is 0.393. The Morgan fingerprint density at radius 1 is 1.13 bits per heavy atom. The van der Waals surface area contributed by atoms with Gasteiger partial charge in [-0.25, -0.2) is 9.18 Å². The number of carbonyl (C=O) groups excluding carboxylic acids is 1. The molecule has 5 heteroatoms. The zero-order valence-electron chi connectivity index (χ0n) is 17.4. The average Bonchev–Trinajstić information content (AvgIpc) is 2.77. The first-order valence-electron chi connectivity index (χ1n) is 11.3. The van der Waals surface area contributed by atoms with Crippen LogP contribution in [0.4, 0.5) is 9.18 Å². The minimum Gasteiger partial charge on any atom is -0.338 e. The standard InChI is InChI=1S/C25H30FN3O/c26-21-8-9-22-19(15-21)11-14-28-17-20-7-4-13-29(23(20)16-24(22)28)25(30)27-12-10-18-5-2-1-3-6-18/h1-3,5-6,8-9,15,20,23-24H,4,7,10-14,16-17H2,(H,27,30)/t20-,23+,24-/m1/s1. The lowest BCUT2D eigenvalue weighted by atomic mass is 9.76. The molecule has 3 atom stereocenters. The van der Waals surface area contributed by atoms with Gasteiger partial charge in [-0.15, -0.1) is 0 Å². The summed E-state index contributed by atoms with van der Waals surface area (Å²) in [6, 6.07) is 16.2. The monoisotopic (exact) mass is 407 g/mol. The van der Waals surface area contributed by atoms with Gasteiger partial charge in [0.15, 0.2) is 0 Å². The Kier molecular flexibility index (Phi) is 5.47. The first-order valence-corrected chi connectivity index (χ1v) is 11.3. The number of urea groups is 1. The summed E-state index contributed by atoms with van der Waals surface area (Å²) < 4.78 is 13.7. The topological polar surface area (TPSA) is 35.6 Å². The number of hydrogen-bond donors (Lipinski definition) is 1. The van der Waals surface area contributed by atoms with Crippen LogP contribution in [-0.2, 0) is 12.8 Å². The van der Waals surface area contributed by atoms with Gasteiger partial charge in [0.1, 0.15) is 5.82 Å². The molecule has 2 fully saturated rings. The third-order valence-corrected chi connectivity index (χ3v) is 7.22. The summed E-state index contributed by atoms with van der Waals surface area (Å²) >= 11 is 0. The summed E-state index contributed by atoms with van der Waals surface area (Å²) in [5, 5.41) is 3.16. The fourth-order valence-corrected chi connectivity index (χ4v) is 5.74. The van der Waals surface area contributed by atoms with E-state index >= 15 is 0 Å². The Morgan fingerprint density at radius 3 is 2.87 bits per heavy atom. The Labute approximate surface area is 178 Å². The Balaban J connectivity index is 1.27. The maximum absolute atomic E-state index is 13.7. The number of nitrogens with one attached hydrogen (secondary N) is 1. The highest BCUT2D eigenvalue weighted by Gasteiger charge is 2.43. The molecule has 0 radical (unpaired) electrons. The van der Waals surface area contributed by atoms with Crippen molar-refractivity contribution in [2.24, 2.45) is 5.92 Å². The third-order valence-electron chi connectivity index (χ3n) is 7.22. The van der Waals surface area contributed by atoms with Crippen LogP contribution < -0.4 is 5.32 Å². The van der Waals surface area contributed by atoms with Crippen LogP contribution in [0.15, 0.2) is 48.5 Å². The lowest BCUT2D eigenvalue weighted by molar-refractivity contribution is 0.00574. The van der Waals surface area contributed by atoms with Gasteiger partial charge in [-0.2, -0.15) is 0 Å². The van der Waals surface area contributed by atoms with E-state index in [4.69, 9.17) is 0 Å². The van der Waals surface area contributed by atoms with Crippen LogP contribution in [0.25, 0.3) is 0 Å². The smallest absolute Gasteiger partial charge is 0.317 e. The highest BCUT2D eigenvalue weighted by molar-refractivity contribution is 5.74. The van der Waals surface area contributed by atoms with E-state index in [1.165, 1.54) is 17.5 Å². The minimum atomic E-state index is -0.145. The van der Waals surface area contributed by atoms with E-state index in [0.29, 0.717) is 18.5 Å². The van der Waals surface area contributed by atoms with Crippen molar-refractivity contribution in [3.8, 4) is 0 Å². The van der Waals surface area contributed by atoms with Crippen molar-refractivity contribution in [2.75, 3.05) is 26.2 Å². The molecule has 3 aliphatic rings. The molecule has 2 aromatic carbocycles. The molecule has 0 saturated carbocycles. The van der Waals surface area contributed by atoms with Gasteiger partial charge in [-0.1, -0.05) is 36.4 Å². The van der Waals surface area contributed by atoms with Gasteiger partial charge in [-0.05, 0) is 66.8 Å². The highest BCUT2D eigenvalue weighted by Crippen LogP contribution is 2.42. The maximum Gasteiger partial charge on any atom is 0.317 e. The average molecular weight is 408 g/mol. The molecule has 4 nitrogen and oxygen atoms in total. The molecule has 0 aromatic heterocycles. The van der Waals surface area contributed by atoms with E-state index in [1.54, 1.807) is 12.1 Å². The van der Waals surface area contributed by atoms with Gasteiger partial charge in [0.05, 0.1) is 0 Å². The van der Waals surface area contributed by atoms with Crippen LogP contribution in [0.5, 0.6) is 0 Å². The number of nitrogens with zero attached hydrogens (tertiary/aromatic N) is 2. The highest BCUT2D eigenvalue weighted by atomic mass is 19.1. The van der Waals surface area contributed by atoms with E-state index < -0.39 is 0 Å². The number of fused-ring (bicyclic) bond motifs is 4. The molecule has 0 unspecified atom stereocenters. The Morgan fingerprint density at radius 2 is 2.00 bits per heavy atom. The number of rotatable bonds is 3. The molecule has 2 aromatic rings. The van der Waals surface area contributed by atoms with Crippen LogP contribution in [0.3, 0.4) is 0 Å². The number of halogens is 1.